The Hall–Kier alpha value is -0.0300. The van der Waals surface area contributed by atoms with E-state index in [9.17, 15) is 0 Å². The fourth-order valence-electron chi connectivity index (χ4n) is 1.75. The highest BCUT2D eigenvalue weighted by atomic mass is 32.2. The number of hydrogen-bond donors (Lipinski definition) is 1. The van der Waals surface area contributed by atoms with E-state index in [2.05, 4.69) is 48.1 Å². The molecule has 1 heterocycles. The quantitative estimate of drug-likeness (QED) is 0.696. The Balaban J connectivity index is 2.22. The van der Waals surface area contributed by atoms with E-state index in [4.69, 9.17) is 0 Å². The summed E-state index contributed by atoms with van der Waals surface area (Å²) >= 11 is 3.78. The zero-order chi connectivity index (χ0) is 12.5. The Morgan fingerprint density at radius 3 is 2.82 bits per heavy atom. The van der Waals surface area contributed by atoms with Crippen molar-refractivity contribution in [1.29, 1.82) is 0 Å². The minimum absolute atomic E-state index is 0.510. The summed E-state index contributed by atoms with van der Waals surface area (Å²) in [5.41, 5.74) is 0. The first-order chi connectivity index (χ1) is 8.25. The molecule has 1 N–H and O–H groups in total. The molecule has 0 aliphatic heterocycles. The van der Waals surface area contributed by atoms with E-state index in [1.54, 1.807) is 0 Å². The van der Waals surface area contributed by atoms with Crippen LogP contribution in [0.25, 0.3) is 0 Å². The van der Waals surface area contributed by atoms with Crippen LogP contribution in [0.3, 0.4) is 0 Å². The van der Waals surface area contributed by atoms with Gasteiger partial charge in [0.1, 0.15) is 0 Å². The lowest BCUT2D eigenvalue weighted by molar-refractivity contribution is 0.293. The van der Waals surface area contributed by atoms with Crippen molar-refractivity contribution in [2.24, 2.45) is 0 Å². The number of unbranched alkanes of at least 4 members (excludes halogenated alkanes) is 1. The summed E-state index contributed by atoms with van der Waals surface area (Å²) in [6.07, 6.45) is 4.78. The molecule has 0 saturated carbocycles. The van der Waals surface area contributed by atoms with E-state index >= 15 is 0 Å². The van der Waals surface area contributed by atoms with Gasteiger partial charge in [-0.3, -0.25) is 0 Å². The fourth-order valence-corrected chi connectivity index (χ4v) is 3.17. The molecule has 1 aromatic rings. The number of hydrogen-bond acceptors (Lipinski definition) is 4. The van der Waals surface area contributed by atoms with Gasteiger partial charge in [0.2, 0.25) is 0 Å². The summed E-state index contributed by atoms with van der Waals surface area (Å²) in [5.74, 6) is 1.28. The van der Waals surface area contributed by atoms with Crippen LogP contribution < -0.4 is 5.32 Å². The van der Waals surface area contributed by atoms with Crippen LogP contribution in [-0.2, 0) is 0 Å². The second kappa shape index (κ2) is 8.97. The number of nitrogens with zero attached hydrogens (tertiary/aromatic N) is 1. The van der Waals surface area contributed by atoms with Gasteiger partial charge in [-0.15, -0.1) is 11.3 Å². The van der Waals surface area contributed by atoms with Crippen molar-refractivity contribution in [1.82, 2.24) is 10.2 Å². The second-order valence-electron chi connectivity index (χ2n) is 4.40. The molecule has 0 bridgehead atoms. The SMILES string of the molecule is CSCCCCNCC(c1cccs1)N(C)C. The van der Waals surface area contributed by atoms with Crippen molar-refractivity contribution in [3.8, 4) is 0 Å². The van der Waals surface area contributed by atoms with E-state index < -0.39 is 0 Å². The molecule has 2 nitrogen and oxygen atoms in total. The highest BCUT2D eigenvalue weighted by Crippen LogP contribution is 2.22. The monoisotopic (exact) mass is 272 g/mol. The van der Waals surface area contributed by atoms with Gasteiger partial charge in [0.25, 0.3) is 0 Å². The molecule has 1 aromatic heterocycles. The van der Waals surface area contributed by atoms with Gasteiger partial charge in [0.05, 0.1) is 6.04 Å². The van der Waals surface area contributed by atoms with Crippen LogP contribution in [0.1, 0.15) is 23.8 Å². The fraction of sp³-hybridized carbons (Fsp3) is 0.692. The van der Waals surface area contributed by atoms with Gasteiger partial charge < -0.3 is 10.2 Å². The first kappa shape index (κ1) is 15.0. The van der Waals surface area contributed by atoms with Crippen molar-refractivity contribution in [2.45, 2.75) is 18.9 Å². The Morgan fingerprint density at radius 1 is 1.41 bits per heavy atom. The smallest absolute Gasteiger partial charge is 0.0561 e. The van der Waals surface area contributed by atoms with Gasteiger partial charge in [0.15, 0.2) is 0 Å². The third-order valence-electron chi connectivity index (χ3n) is 2.78. The van der Waals surface area contributed by atoms with Gasteiger partial charge in [-0.2, -0.15) is 11.8 Å². The van der Waals surface area contributed by atoms with Crippen molar-refractivity contribution < 1.29 is 0 Å². The number of thioether (sulfide) groups is 1. The minimum Gasteiger partial charge on any atom is -0.315 e. The number of nitrogens with one attached hydrogen (secondary N) is 1. The standard InChI is InChI=1S/C13H24N2S2/c1-15(2)12(13-7-6-10-17-13)11-14-8-4-5-9-16-3/h6-7,10,12,14H,4-5,8-9,11H2,1-3H3. The van der Waals surface area contributed by atoms with Gasteiger partial charge >= 0.3 is 0 Å². The lowest BCUT2D eigenvalue weighted by atomic mass is 10.2. The van der Waals surface area contributed by atoms with Gasteiger partial charge in [-0.25, -0.2) is 0 Å². The highest BCUT2D eigenvalue weighted by molar-refractivity contribution is 7.98. The molecule has 98 valence electrons. The topological polar surface area (TPSA) is 15.3 Å². The van der Waals surface area contributed by atoms with Crippen molar-refractivity contribution in [3.63, 3.8) is 0 Å². The normalized spacial score (nSPS) is 13.2. The lowest BCUT2D eigenvalue weighted by Gasteiger charge is -2.23. The highest BCUT2D eigenvalue weighted by Gasteiger charge is 2.13. The van der Waals surface area contributed by atoms with Crippen LogP contribution in [0.5, 0.6) is 0 Å². The molecule has 0 saturated heterocycles. The van der Waals surface area contributed by atoms with Crippen molar-refractivity contribution in [3.05, 3.63) is 22.4 Å². The Bertz CT molecular complexity index is 273. The molecule has 1 atom stereocenters. The number of rotatable bonds is 9. The van der Waals surface area contributed by atoms with Crippen LogP contribution >= 0.6 is 23.1 Å². The maximum absolute atomic E-state index is 3.57. The van der Waals surface area contributed by atoms with Gasteiger partial charge in [-0.1, -0.05) is 6.07 Å². The molecular formula is C13H24N2S2. The van der Waals surface area contributed by atoms with E-state index in [1.807, 2.05) is 23.1 Å². The van der Waals surface area contributed by atoms with E-state index in [1.165, 1.54) is 23.5 Å². The third kappa shape index (κ3) is 5.91. The average molecular weight is 272 g/mol. The van der Waals surface area contributed by atoms with Gasteiger partial charge in [-0.05, 0) is 56.9 Å². The minimum atomic E-state index is 0.510. The molecule has 0 aromatic carbocycles. The van der Waals surface area contributed by atoms with Crippen LogP contribution in [0.2, 0.25) is 0 Å². The van der Waals surface area contributed by atoms with Gasteiger partial charge in [0, 0.05) is 11.4 Å². The first-order valence-corrected chi connectivity index (χ1v) is 8.42. The molecule has 0 amide bonds. The summed E-state index contributed by atoms with van der Waals surface area (Å²) in [5, 5.41) is 5.73. The lowest BCUT2D eigenvalue weighted by Crippen LogP contribution is -2.31. The Labute approximate surface area is 114 Å². The van der Waals surface area contributed by atoms with Crippen LogP contribution in [0.4, 0.5) is 0 Å². The molecule has 17 heavy (non-hydrogen) atoms. The predicted octanol–water partition coefficient (Wildman–Crippen LogP) is 3.08. The molecule has 0 aliphatic carbocycles. The molecule has 0 aliphatic rings. The summed E-state index contributed by atoms with van der Waals surface area (Å²) < 4.78 is 0. The molecule has 0 fully saturated rings. The van der Waals surface area contributed by atoms with E-state index in [0.717, 1.165) is 13.1 Å². The Kier molecular flexibility index (Phi) is 7.93. The molecule has 4 heteroatoms. The van der Waals surface area contributed by atoms with Crippen molar-refractivity contribution in [2.75, 3.05) is 39.2 Å². The zero-order valence-corrected chi connectivity index (χ0v) is 12.7. The van der Waals surface area contributed by atoms with Crippen LogP contribution in [-0.4, -0.2) is 44.1 Å². The molecule has 1 unspecified atom stereocenters. The second-order valence-corrected chi connectivity index (χ2v) is 6.36. The van der Waals surface area contributed by atoms with E-state index in [0.29, 0.717) is 6.04 Å². The summed E-state index contributed by atoms with van der Waals surface area (Å²) in [7, 11) is 4.31. The van der Waals surface area contributed by atoms with Crippen molar-refractivity contribution >= 4 is 23.1 Å². The van der Waals surface area contributed by atoms with Crippen LogP contribution in [0.15, 0.2) is 17.5 Å². The maximum Gasteiger partial charge on any atom is 0.0561 e. The largest absolute Gasteiger partial charge is 0.315 e. The molecule has 0 radical (unpaired) electrons. The third-order valence-corrected chi connectivity index (χ3v) is 4.46. The first-order valence-electron chi connectivity index (χ1n) is 6.15. The summed E-state index contributed by atoms with van der Waals surface area (Å²) in [6.45, 7) is 2.18. The molecular weight excluding hydrogens is 248 g/mol. The molecule has 1 rings (SSSR count). The predicted molar refractivity (Wildman–Crippen MR) is 81.2 cm³/mol. The zero-order valence-electron chi connectivity index (χ0n) is 11.1. The number of thiophene rings is 1. The summed E-state index contributed by atoms with van der Waals surface area (Å²) in [4.78, 5) is 3.74. The summed E-state index contributed by atoms with van der Waals surface area (Å²) in [6, 6.07) is 4.87. The molecule has 0 spiro atoms. The van der Waals surface area contributed by atoms with Crippen LogP contribution in [0, 0.1) is 0 Å². The maximum atomic E-state index is 3.57. The average Bonchev–Trinajstić information content (AvgIpc) is 2.81. The number of likely N-dealkylation sites (N-methyl/N-ethyl adjacent to an activating group) is 1. The Morgan fingerprint density at radius 2 is 2.24 bits per heavy atom. The van der Waals surface area contributed by atoms with E-state index in [-0.39, 0.29) is 0 Å².